The van der Waals surface area contributed by atoms with Gasteiger partial charge in [0.25, 0.3) is 0 Å². The molecule has 11 rings (SSSR count). The highest BCUT2D eigenvalue weighted by Gasteiger charge is 2.18. The Hall–Kier alpha value is -7.34. The average Bonchev–Trinajstić information content (AvgIpc) is 3.69. The lowest BCUT2D eigenvalue weighted by molar-refractivity contribution is 1.07. The van der Waals surface area contributed by atoms with Crippen LogP contribution in [0.5, 0.6) is 0 Å². The first-order valence-corrected chi connectivity index (χ1v) is 19.9. The molecule has 8 aromatic carbocycles. The molecule has 0 aliphatic heterocycles. The van der Waals surface area contributed by atoms with E-state index in [0.717, 1.165) is 55.7 Å². The van der Waals surface area contributed by atoms with Crippen LogP contribution in [-0.4, -0.2) is 19.9 Å². The van der Waals surface area contributed by atoms with Gasteiger partial charge in [0.05, 0.1) is 15.9 Å². The van der Waals surface area contributed by atoms with Gasteiger partial charge in [-0.25, -0.2) is 19.9 Å². The lowest BCUT2D eigenvalue weighted by Gasteiger charge is -2.12. The van der Waals surface area contributed by atoms with Crippen molar-refractivity contribution in [2.45, 2.75) is 0 Å². The first kappa shape index (κ1) is 33.0. The summed E-state index contributed by atoms with van der Waals surface area (Å²) < 4.78 is 2.48. The van der Waals surface area contributed by atoms with Crippen molar-refractivity contribution >= 4 is 53.2 Å². The number of aromatic nitrogens is 4. The van der Waals surface area contributed by atoms with E-state index in [2.05, 4.69) is 158 Å². The average molecular weight is 745 g/mol. The van der Waals surface area contributed by atoms with Crippen LogP contribution in [0.25, 0.3) is 110 Å². The van der Waals surface area contributed by atoms with Crippen molar-refractivity contribution in [3.05, 3.63) is 194 Å². The maximum Gasteiger partial charge on any atom is 0.164 e. The molecule has 0 aliphatic rings. The lowest BCUT2D eigenvalue weighted by Crippen LogP contribution is -2.00. The number of nitrogens with zero attached hydrogens (tertiary/aromatic N) is 4. The van der Waals surface area contributed by atoms with Crippen molar-refractivity contribution in [1.82, 2.24) is 19.9 Å². The third-order valence-corrected chi connectivity index (χ3v) is 11.9. The summed E-state index contributed by atoms with van der Waals surface area (Å²) in [4.78, 5) is 20.5. The van der Waals surface area contributed by atoms with Gasteiger partial charge in [0.15, 0.2) is 17.5 Å². The van der Waals surface area contributed by atoms with Crippen molar-refractivity contribution in [1.29, 1.82) is 0 Å². The minimum atomic E-state index is 0.629. The maximum atomic E-state index is 5.46. The fourth-order valence-electron chi connectivity index (χ4n) is 7.89. The van der Waals surface area contributed by atoms with Gasteiger partial charge in [-0.15, -0.1) is 11.3 Å². The standard InChI is InChI=1S/C52H32N4S/c1-3-13-33(14-4-1)39-19-12-21-41(32-39)52-55-50(36-16-5-2-6-17-36)54-51(56-52)37-27-25-34(26-28-37)38-18-11-20-40(31-38)47-49-46(43-23-9-10-24-45(43)57-49)44-30-29-35-15-7-8-22-42(35)48(44)53-47/h1-32H. The number of hydrogen-bond donors (Lipinski definition) is 0. The van der Waals surface area contributed by atoms with Crippen molar-refractivity contribution in [3.63, 3.8) is 0 Å². The van der Waals surface area contributed by atoms with Crippen molar-refractivity contribution in [2.24, 2.45) is 0 Å². The van der Waals surface area contributed by atoms with Crippen LogP contribution in [-0.2, 0) is 0 Å². The smallest absolute Gasteiger partial charge is 0.164 e. The summed E-state index contributed by atoms with van der Waals surface area (Å²) in [5.41, 5.74) is 10.4. The number of benzene rings is 8. The fraction of sp³-hybridized carbons (Fsp3) is 0. The van der Waals surface area contributed by atoms with Crippen LogP contribution in [0.3, 0.4) is 0 Å². The molecule has 0 saturated heterocycles. The largest absolute Gasteiger partial charge is 0.246 e. The number of fused-ring (bicyclic) bond motifs is 7. The molecule has 0 fully saturated rings. The molecular weight excluding hydrogens is 713 g/mol. The van der Waals surface area contributed by atoms with E-state index in [1.54, 1.807) is 0 Å². The maximum absolute atomic E-state index is 5.46. The van der Waals surface area contributed by atoms with Crippen LogP contribution in [0.2, 0.25) is 0 Å². The molecular formula is C52H32N4S. The summed E-state index contributed by atoms with van der Waals surface area (Å²) >= 11 is 1.82. The molecule has 5 heteroatoms. The Bertz CT molecular complexity index is 3280. The van der Waals surface area contributed by atoms with Crippen LogP contribution < -0.4 is 0 Å². The lowest BCUT2D eigenvalue weighted by atomic mass is 9.97. The van der Waals surface area contributed by atoms with Gasteiger partial charge < -0.3 is 0 Å². The molecule has 0 N–H and O–H groups in total. The molecule has 0 amide bonds. The van der Waals surface area contributed by atoms with Gasteiger partial charge in [0.2, 0.25) is 0 Å². The quantitative estimate of drug-likeness (QED) is 0.159. The molecule has 0 radical (unpaired) electrons. The Balaban J connectivity index is 1.00. The number of rotatable bonds is 6. The van der Waals surface area contributed by atoms with Crippen molar-refractivity contribution in [3.8, 4) is 67.7 Å². The predicted molar refractivity (Wildman–Crippen MR) is 238 cm³/mol. The second kappa shape index (κ2) is 13.7. The van der Waals surface area contributed by atoms with Gasteiger partial charge in [-0.2, -0.15) is 0 Å². The van der Waals surface area contributed by atoms with E-state index in [9.17, 15) is 0 Å². The molecule has 3 aromatic heterocycles. The number of thiophene rings is 1. The van der Waals surface area contributed by atoms with E-state index >= 15 is 0 Å². The summed E-state index contributed by atoms with van der Waals surface area (Å²) in [6.45, 7) is 0. The molecule has 4 nitrogen and oxygen atoms in total. The third kappa shape index (κ3) is 5.93. The summed E-state index contributed by atoms with van der Waals surface area (Å²) in [5, 5.41) is 6.10. The monoisotopic (exact) mass is 744 g/mol. The molecule has 0 atom stereocenters. The molecule has 57 heavy (non-hydrogen) atoms. The third-order valence-electron chi connectivity index (χ3n) is 10.7. The Morgan fingerprint density at radius 1 is 0.316 bits per heavy atom. The highest BCUT2D eigenvalue weighted by Crippen LogP contribution is 2.44. The molecule has 0 saturated carbocycles. The molecule has 0 unspecified atom stereocenters. The van der Waals surface area contributed by atoms with Gasteiger partial charge in [0.1, 0.15) is 0 Å². The van der Waals surface area contributed by atoms with Crippen LogP contribution in [0.15, 0.2) is 194 Å². The summed E-state index contributed by atoms with van der Waals surface area (Å²) in [5.74, 6) is 1.90. The molecule has 266 valence electrons. The van der Waals surface area contributed by atoms with Crippen LogP contribution in [0.4, 0.5) is 0 Å². The molecule has 0 aliphatic carbocycles. The van der Waals surface area contributed by atoms with Crippen LogP contribution in [0, 0.1) is 0 Å². The van der Waals surface area contributed by atoms with E-state index in [0.29, 0.717) is 17.5 Å². The highest BCUT2D eigenvalue weighted by atomic mass is 32.1. The number of hydrogen-bond acceptors (Lipinski definition) is 5. The van der Waals surface area contributed by atoms with E-state index in [4.69, 9.17) is 19.9 Å². The van der Waals surface area contributed by atoms with Gasteiger partial charge in [-0.1, -0.05) is 176 Å². The summed E-state index contributed by atoms with van der Waals surface area (Å²) in [6, 6.07) is 67.9. The zero-order chi connectivity index (χ0) is 37.7. The first-order valence-electron chi connectivity index (χ1n) is 19.0. The Labute approximate surface area is 333 Å². The minimum absolute atomic E-state index is 0.629. The predicted octanol–water partition coefficient (Wildman–Crippen LogP) is 13.9. The topological polar surface area (TPSA) is 51.6 Å². The normalized spacial score (nSPS) is 11.5. The highest BCUT2D eigenvalue weighted by molar-refractivity contribution is 7.26. The van der Waals surface area contributed by atoms with Crippen molar-refractivity contribution < 1.29 is 0 Å². The SMILES string of the molecule is c1ccc(-c2cccc(-c3nc(-c4ccccc4)nc(-c4ccc(-c5cccc(-c6nc7c8ccccc8ccc7c7c6sc6ccccc67)c5)cc4)n3)c2)cc1. The van der Waals surface area contributed by atoms with Crippen molar-refractivity contribution in [2.75, 3.05) is 0 Å². The second-order valence-electron chi connectivity index (χ2n) is 14.2. The van der Waals surface area contributed by atoms with E-state index in [-0.39, 0.29) is 0 Å². The van der Waals surface area contributed by atoms with E-state index in [1.165, 1.54) is 36.3 Å². The minimum Gasteiger partial charge on any atom is -0.246 e. The zero-order valence-corrected chi connectivity index (χ0v) is 31.5. The Morgan fingerprint density at radius 3 is 1.56 bits per heavy atom. The van der Waals surface area contributed by atoms with Gasteiger partial charge in [0, 0.05) is 48.5 Å². The summed E-state index contributed by atoms with van der Waals surface area (Å²) in [7, 11) is 0. The van der Waals surface area contributed by atoms with Gasteiger partial charge in [-0.3, -0.25) is 0 Å². The molecule has 0 bridgehead atoms. The van der Waals surface area contributed by atoms with E-state index < -0.39 is 0 Å². The Morgan fingerprint density at radius 2 is 0.825 bits per heavy atom. The first-order chi connectivity index (χ1) is 28.2. The fourth-order valence-corrected chi connectivity index (χ4v) is 9.12. The number of pyridine rings is 1. The molecule has 3 heterocycles. The Kier molecular flexibility index (Phi) is 7.97. The molecule has 11 aromatic rings. The van der Waals surface area contributed by atoms with Crippen LogP contribution >= 0.6 is 11.3 Å². The van der Waals surface area contributed by atoms with Gasteiger partial charge >= 0.3 is 0 Å². The second-order valence-corrected chi connectivity index (χ2v) is 15.3. The summed E-state index contributed by atoms with van der Waals surface area (Å²) in [6.07, 6.45) is 0. The van der Waals surface area contributed by atoms with E-state index in [1.807, 2.05) is 47.7 Å². The molecule has 0 spiro atoms. The van der Waals surface area contributed by atoms with Gasteiger partial charge in [-0.05, 0) is 45.8 Å². The van der Waals surface area contributed by atoms with Crippen LogP contribution in [0.1, 0.15) is 0 Å². The zero-order valence-electron chi connectivity index (χ0n) is 30.7.